The predicted octanol–water partition coefficient (Wildman–Crippen LogP) is 2.79. The van der Waals surface area contributed by atoms with Crippen LogP contribution in [-0.4, -0.2) is 42.0 Å². The number of nitrogens with zero attached hydrogens (tertiary/aromatic N) is 1. The number of nitrogens with one attached hydrogen (secondary N) is 1. The molecule has 1 aromatic rings. The van der Waals surface area contributed by atoms with Gasteiger partial charge in [0.2, 0.25) is 0 Å². The molecule has 1 aliphatic rings. The minimum Gasteiger partial charge on any atom is -0.465 e. The van der Waals surface area contributed by atoms with E-state index in [1.54, 1.807) is 0 Å². The Hall–Kier alpha value is -1.78. The number of likely N-dealkylation sites (tertiary alicyclic amines) is 1. The van der Waals surface area contributed by atoms with Crippen LogP contribution in [0.3, 0.4) is 0 Å². The molecule has 22 heavy (non-hydrogen) atoms. The van der Waals surface area contributed by atoms with Gasteiger partial charge in [-0.2, -0.15) is 0 Å². The van der Waals surface area contributed by atoms with Crippen molar-refractivity contribution in [3.05, 3.63) is 22.5 Å². The van der Waals surface area contributed by atoms with Crippen molar-refractivity contribution in [1.82, 2.24) is 9.88 Å². The van der Waals surface area contributed by atoms with Crippen molar-refractivity contribution in [3.8, 4) is 0 Å². The molecule has 2 rings (SSSR count). The number of methoxy groups -OCH3 is 1. The van der Waals surface area contributed by atoms with Crippen molar-refractivity contribution in [2.45, 2.75) is 40.5 Å². The fourth-order valence-electron chi connectivity index (χ4n) is 3.50. The van der Waals surface area contributed by atoms with Gasteiger partial charge in [-0.25, -0.2) is 4.79 Å². The van der Waals surface area contributed by atoms with E-state index in [1.165, 1.54) is 7.11 Å². The van der Waals surface area contributed by atoms with Crippen LogP contribution < -0.4 is 0 Å². The highest BCUT2D eigenvalue weighted by Gasteiger charge is 2.30. The van der Waals surface area contributed by atoms with E-state index in [4.69, 9.17) is 4.74 Å². The number of hydrogen-bond donors (Lipinski definition) is 1. The Morgan fingerprint density at radius 2 is 1.86 bits per heavy atom. The largest absolute Gasteiger partial charge is 0.465 e. The third kappa shape index (κ3) is 3.03. The molecule has 0 aliphatic carbocycles. The quantitative estimate of drug-likeness (QED) is 0.873. The van der Waals surface area contributed by atoms with Crippen LogP contribution in [-0.2, 0) is 11.2 Å². The Morgan fingerprint density at radius 3 is 2.36 bits per heavy atom. The number of aromatic nitrogens is 1. The van der Waals surface area contributed by atoms with Crippen LogP contribution in [0.2, 0.25) is 0 Å². The van der Waals surface area contributed by atoms with Gasteiger partial charge < -0.3 is 14.6 Å². The topological polar surface area (TPSA) is 62.4 Å². The summed E-state index contributed by atoms with van der Waals surface area (Å²) in [4.78, 5) is 29.9. The van der Waals surface area contributed by atoms with Gasteiger partial charge in [0, 0.05) is 18.8 Å². The van der Waals surface area contributed by atoms with E-state index in [1.807, 2.05) is 18.7 Å². The zero-order valence-electron chi connectivity index (χ0n) is 14.2. The molecule has 2 unspecified atom stereocenters. The standard InChI is InChI=1S/C17H26N2O3/c1-6-13-14(17(21)22-5)12(4)15(18-13)16(20)19-8-10(2)7-11(3)9-19/h10-11,18H,6-9H2,1-5H3. The smallest absolute Gasteiger partial charge is 0.339 e. The third-order valence-corrected chi connectivity index (χ3v) is 4.44. The minimum atomic E-state index is -0.384. The van der Waals surface area contributed by atoms with Crippen LogP contribution in [0.4, 0.5) is 0 Å². The maximum atomic E-state index is 12.8. The number of carbonyl (C=O) groups is 2. The molecule has 1 fully saturated rings. The molecule has 0 radical (unpaired) electrons. The predicted molar refractivity (Wildman–Crippen MR) is 85.1 cm³/mol. The van der Waals surface area contributed by atoms with Gasteiger partial charge in [-0.15, -0.1) is 0 Å². The number of rotatable bonds is 3. The van der Waals surface area contributed by atoms with Gasteiger partial charge in [-0.3, -0.25) is 4.79 Å². The second-order valence-electron chi connectivity index (χ2n) is 6.48. The summed E-state index contributed by atoms with van der Waals surface area (Å²) in [5.74, 6) is 0.619. The monoisotopic (exact) mass is 306 g/mol. The average Bonchev–Trinajstić information content (AvgIpc) is 2.81. The molecule has 1 amide bonds. The first-order chi connectivity index (χ1) is 10.4. The molecule has 1 saturated heterocycles. The third-order valence-electron chi connectivity index (χ3n) is 4.44. The first kappa shape index (κ1) is 16.6. The molecule has 2 heterocycles. The highest BCUT2D eigenvalue weighted by Crippen LogP contribution is 2.25. The van der Waals surface area contributed by atoms with E-state index in [-0.39, 0.29) is 11.9 Å². The van der Waals surface area contributed by atoms with Crippen molar-refractivity contribution in [1.29, 1.82) is 0 Å². The molecule has 5 nitrogen and oxygen atoms in total. The zero-order valence-corrected chi connectivity index (χ0v) is 14.2. The first-order valence-electron chi connectivity index (χ1n) is 7.98. The highest BCUT2D eigenvalue weighted by atomic mass is 16.5. The number of aryl methyl sites for hydroxylation is 1. The number of esters is 1. The van der Waals surface area contributed by atoms with Crippen molar-refractivity contribution in [2.24, 2.45) is 11.8 Å². The van der Waals surface area contributed by atoms with E-state index in [2.05, 4.69) is 18.8 Å². The molecule has 1 aliphatic heterocycles. The second-order valence-corrected chi connectivity index (χ2v) is 6.48. The van der Waals surface area contributed by atoms with Crippen LogP contribution in [0.1, 0.15) is 59.3 Å². The number of amides is 1. The number of carbonyl (C=O) groups excluding carboxylic acids is 2. The van der Waals surface area contributed by atoms with E-state index < -0.39 is 0 Å². The fraction of sp³-hybridized carbons (Fsp3) is 0.647. The van der Waals surface area contributed by atoms with E-state index >= 15 is 0 Å². The average molecular weight is 306 g/mol. The van der Waals surface area contributed by atoms with Crippen molar-refractivity contribution in [2.75, 3.05) is 20.2 Å². The number of hydrogen-bond acceptors (Lipinski definition) is 3. The van der Waals surface area contributed by atoms with Crippen LogP contribution in [0, 0.1) is 18.8 Å². The summed E-state index contributed by atoms with van der Waals surface area (Å²) >= 11 is 0. The maximum absolute atomic E-state index is 12.8. The van der Waals surface area contributed by atoms with E-state index in [0.29, 0.717) is 35.1 Å². The SMILES string of the molecule is CCc1[nH]c(C(=O)N2CC(C)CC(C)C2)c(C)c1C(=O)OC. The van der Waals surface area contributed by atoms with Gasteiger partial charge in [-0.05, 0) is 37.2 Å². The Balaban J connectivity index is 2.34. The molecule has 2 atom stereocenters. The summed E-state index contributed by atoms with van der Waals surface area (Å²) in [6.45, 7) is 9.67. The lowest BCUT2D eigenvalue weighted by atomic mass is 9.91. The molecule has 0 aromatic carbocycles. The molecule has 0 bridgehead atoms. The summed E-state index contributed by atoms with van der Waals surface area (Å²) in [5.41, 5.74) is 2.50. The zero-order chi connectivity index (χ0) is 16.4. The summed E-state index contributed by atoms with van der Waals surface area (Å²) in [6.07, 6.45) is 1.81. The van der Waals surface area contributed by atoms with Gasteiger partial charge in [0.05, 0.1) is 12.7 Å². The van der Waals surface area contributed by atoms with Crippen molar-refractivity contribution < 1.29 is 14.3 Å². The number of piperidine rings is 1. The lowest BCUT2D eigenvalue weighted by Crippen LogP contribution is -2.42. The summed E-state index contributed by atoms with van der Waals surface area (Å²) in [5, 5.41) is 0. The molecule has 1 N–H and O–H groups in total. The summed E-state index contributed by atoms with van der Waals surface area (Å²) in [7, 11) is 1.36. The fourth-order valence-corrected chi connectivity index (χ4v) is 3.50. The lowest BCUT2D eigenvalue weighted by molar-refractivity contribution is 0.0599. The summed E-state index contributed by atoms with van der Waals surface area (Å²) < 4.78 is 4.85. The van der Waals surface area contributed by atoms with Gasteiger partial charge in [0.25, 0.3) is 5.91 Å². The van der Waals surface area contributed by atoms with Crippen LogP contribution >= 0.6 is 0 Å². The number of ether oxygens (including phenoxy) is 1. The van der Waals surface area contributed by atoms with Crippen LogP contribution in [0.5, 0.6) is 0 Å². The van der Waals surface area contributed by atoms with Crippen LogP contribution in [0.25, 0.3) is 0 Å². The second kappa shape index (κ2) is 6.55. The van der Waals surface area contributed by atoms with Gasteiger partial charge >= 0.3 is 5.97 Å². The Morgan fingerprint density at radius 1 is 1.27 bits per heavy atom. The number of H-pyrrole nitrogens is 1. The Kier molecular flexibility index (Phi) is 4.94. The van der Waals surface area contributed by atoms with Gasteiger partial charge in [0.15, 0.2) is 0 Å². The normalized spacial score (nSPS) is 21.8. The number of aromatic amines is 1. The van der Waals surface area contributed by atoms with Crippen LogP contribution in [0.15, 0.2) is 0 Å². The molecule has 0 saturated carbocycles. The Labute approximate surface area is 132 Å². The van der Waals surface area contributed by atoms with Gasteiger partial charge in [0.1, 0.15) is 5.69 Å². The maximum Gasteiger partial charge on any atom is 0.339 e. The molecule has 122 valence electrons. The van der Waals surface area contributed by atoms with Crippen molar-refractivity contribution >= 4 is 11.9 Å². The van der Waals surface area contributed by atoms with Gasteiger partial charge in [-0.1, -0.05) is 20.8 Å². The minimum absolute atomic E-state index is 0.0132. The van der Waals surface area contributed by atoms with E-state index in [9.17, 15) is 9.59 Å². The molecular weight excluding hydrogens is 280 g/mol. The molecule has 5 heteroatoms. The molecular formula is C17H26N2O3. The lowest BCUT2D eigenvalue weighted by Gasteiger charge is -2.34. The first-order valence-corrected chi connectivity index (χ1v) is 7.98. The Bertz CT molecular complexity index is 567. The molecule has 0 spiro atoms. The molecule has 1 aromatic heterocycles. The highest BCUT2D eigenvalue weighted by molar-refractivity contribution is 6.00. The van der Waals surface area contributed by atoms with E-state index in [0.717, 1.165) is 25.2 Å². The summed E-state index contributed by atoms with van der Waals surface area (Å²) in [6, 6.07) is 0. The van der Waals surface area contributed by atoms with Crippen molar-refractivity contribution in [3.63, 3.8) is 0 Å².